The van der Waals surface area contributed by atoms with Gasteiger partial charge in [0, 0.05) is 29.2 Å². The maximum atomic E-state index is 11.6. The second-order valence-corrected chi connectivity index (χ2v) is 5.38. The Morgan fingerprint density at radius 3 is 2.29 bits per heavy atom. The van der Waals surface area contributed by atoms with Gasteiger partial charge in [0.05, 0.1) is 0 Å². The van der Waals surface area contributed by atoms with E-state index >= 15 is 0 Å². The van der Waals surface area contributed by atoms with E-state index < -0.39 is 0 Å². The average molecular weight is 255 g/mol. The van der Waals surface area contributed by atoms with Crippen molar-refractivity contribution in [3.8, 4) is 0 Å². The van der Waals surface area contributed by atoms with Crippen LogP contribution in [0.2, 0.25) is 5.02 Å². The van der Waals surface area contributed by atoms with Crippen LogP contribution in [0, 0.1) is 5.41 Å². The molecule has 0 spiro atoms. The molecule has 0 aliphatic rings. The standard InChI is InChI=1S/C13H19ClN2O/c1-13(2,3)12(17)16-9-8-15-11-6-4-10(14)5-7-11/h4-7,15H,8-9H2,1-3H3,(H,16,17). The number of amides is 1. The molecule has 0 heterocycles. The van der Waals surface area contributed by atoms with E-state index in [-0.39, 0.29) is 11.3 Å². The molecule has 0 saturated carbocycles. The summed E-state index contributed by atoms with van der Waals surface area (Å²) in [5, 5.41) is 6.80. The summed E-state index contributed by atoms with van der Waals surface area (Å²) >= 11 is 5.78. The van der Waals surface area contributed by atoms with Crippen LogP contribution in [0.15, 0.2) is 24.3 Å². The van der Waals surface area contributed by atoms with Crippen LogP contribution in [0.5, 0.6) is 0 Å². The second kappa shape index (κ2) is 5.92. The SMILES string of the molecule is CC(C)(C)C(=O)NCCNc1ccc(Cl)cc1. The molecule has 1 aromatic rings. The van der Waals surface area contributed by atoms with E-state index in [0.29, 0.717) is 13.1 Å². The van der Waals surface area contributed by atoms with Crippen molar-refractivity contribution in [2.75, 3.05) is 18.4 Å². The Hall–Kier alpha value is -1.22. The minimum Gasteiger partial charge on any atom is -0.383 e. The van der Waals surface area contributed by atoms with Crippen molar-refractivity contribution in [2.24, 2.45) is 5.41 Å². The molecule has 17 heavy (non-hydrogen) atoms. The van der Waals surface area contributed by atoms with E-state index in [9.17, 15) is 4.79 Å². The third-order valence-electron chi connectivity index (χ3n) is 2.27. The number of anilines is 1. The molecule has 1 rings (SSSR count). The first kappa shape index (κ1) is 13.8. The number of halogens is 1. The Balaban J connectivity index is 2.25. The highest BCUT2D eigenvalue weighted by molar-refractivity contribution is 6.30. The van der Waals surface area contributed by atoms with E-state index in [1.807, 2.05) is 45.0 Å². The number of hydrogen-bond acceptors (Lipinski definition) is 2. The lowest BCUT2D eigenvalue weighted by molar-refractivity contribution is -0.128. The summed E-state index contributed by atoms with van der Waals surface area (Å²) in [5.41, 5.74) is 0.666. The molecule has 0 aromatic heterocycles. The molecule has 3 nitrogen and oxygen atoms in total. The van der Waals surface area contributed by atoms with Gasteiger partial charge in [0.1, 0.15) is 0 Å². The summed E-state index contributed by atoms with van der Waals surface area (Å²) in [7, 11) is 0. The van der Waals surface area contributed by atoms with Crippen LogP contribution in [-0.4, -0.2) is 19.0 Å². The fourth-order valence-corrected chi connectivity index (χ4v) is 1.34. The summed E-state index contributed by atoms with van der Waals surface area (Å²) in [5.74, 6) is 0.0652. The van der Waals surface area contributed by atoms with Gasteiger partial charge < -0.3 is 10.6 Å². The lowest BCUT2D eigenvalue weighted by atomic mass is 9.96. The lowest BCUT2D eigenvalue weighted by Gasteiger charge is -2.17. The molecule has 0 aliphatic heterocycles. The van der Waals surface area contributed by atoms with Crippen molar-refractivity contribution in [2.45, 2.75) is 20.8 Å². The van der Waals surface area contributed by atoms with Crippen LogP contribution in [0.25, 0.3) is 0 Å². The van der Waals surface area contributed by atoms with Crippen molar-refractivity contribution in [1.29, 1.82) is 0 Å². The van der Waals surface area contributed by atoms with Crippen LogP contribution in [0.3, 0.4) is 0 Å². The molecule has 1 amide bonds. The number of benzene rings is 1. The molecule has 1 aromatic carbocycles. The third-order valence-corrected chi connectivity index (χ3v) is 2.52. The van der Waals surface area contributed by atoms with E-state index in [0.717, 1.165) is 10.7 Å². The molecule has 0 radical (unpaired) electrons. The number of carbonyl (C=O) groups is 1. The quantitative estimate of drug-likeness (QED) is 0.812. The summed E-state index contributed by atoms with van der Waals surface area (Å²) in [6.45, 7) is 7.00. The van der Waals surface area contributed by atoms with Gasteiger partial charge in [-0.15, -0.1) is 0 Å². The number of rotatable bonds is 4. The molecule has 0 atom stereocenters. The largest absolute Gasteiger partial charge is 0.383 e. The topological polar surface area (TPSA) is 41.1 Å². The normalized spacial score (nSPS) is 11.1. The average Bonchev–Trinajstić information content (AvgIpc) is 2.25. The van der Waals surface area contributed by atoms with E-state index in [1.165, 1.54) is 0 Å². The van der Waals surface area contributed by atoms with Crippen LogP contribution in [0.4, 0.5) is 5.69 Å². The first-order valence-corrected chi connectivity index (χ1v) is 6.05. The first-order chi connectivity index (χ1) is 7.89. The maximum absolute atomic E-state index is 11.6. The fraction of sp³-hybridized carbons (Fsp3) is 0.462. The summed E-state index contributed by atoms with van der Waals surface area (Å²) in [6.07, 6.45) is 0. The highest BCUT2D eigenvalue weighted by Crippen LogP contribution is 2.13. The monoisotopic (exact) mass is 254 g/mol. The molecular weight excluding hydrogens is 236 g/mol. The smallest absolute Gasteiger partial charge is 0.225 e. The van der Waals surface area contributed by atoms with E-state index in [1.54, 1.807) is 0 Å². The van der Waals surface area contributed by atoms with Gasteiger partial charge >= 0.3 is 0 Å². The van der Waals surface area contributed by atoms with Crippen LogP contribution in [-0.2, 0) is 4.79 Å². The third kappa shape index (κ3) is 5.09. The number of hydrogen-bond donors (Lipinski definition) is 2. The molecule has 94 valence electrons. The molecule has 0 saturated heterocycles. The Kier molecular flexibility index (Phi) is 4.82. The molecule has 4 heteroatoms. The maximum Gasteiger partial charge on any atom is 0.225 e. The Morgan fingerprint density at radius 1 is 1.18 bits per heavy atom. The van der Waals surface area contributed by atoms with Gasteiger partial charge in [-0.3, -0.25) is 4.79 Å². The van der Waals surface area contributed by atoms with Gasteiger partial charge in [-0.2, -0.15) is 0 Å². The molecule has 2 N–H and O–H groups in total. The molecule has 0 fully saturated rings. The van der Waals surface area contributed by atoms with Crippen molar-refractivity contribution >= 4 is 23.2 Å². The number of nitrogens with one attached hydrogen (secondary N) is 2. The van der Waals surface area contributed by atoms with Gasteiger partial charge in [0.15, 0.2) is 0 Å². The zero-order valence-corrected chi connectivity index (χ0v) is 11.3. The van der Waals surface area contributed by atoms with Crippen molar-refractivity contribution in [3.63, 3.8) is 0 Å². The highest BCUT2D eigenvalue weighted by atomic mass is 35.5. The Morgan fingerprint density at radius 2 is 1.76 bits per heavy atom. The highest BCUT2D eigenvalue weighted by Gasteiger charge is 2.19. The van der Waals surface area contributed by atoms with Crippen molar-refractivity contribution < 1.29 is 4.79 Å². The molecule has 0 bridgehead atoms. The van der Waals surface area contributed by atoms with E-state index in [2.05, 4.69) is 10.6 Å². The Labute approximate surface area is 108 Å². The van der Waals surface area contributed by atoms with E-state index in [4.69, 9.17) is 11.6 Å². The van der Waals surface area contributed by atoms with Gasteiger partial charge in [0.25, 0.3) is 0 Å². The predicted octanol–water partition coefficient (Wildman–Crippen LogP) is 2.91. The van der Waals surface area contributed by atoms with Crippen molar-refractivity contribution in [3.05, 3.63) is 29.3 Å². The summed E-state index contributed by atoms with van der Waals surface area (Å²) < 4.78 is 0. The molecule has 0 aliphatic carbocycles. The van der Waals surface area contributed by atoms with Crippen molar-refractivity contribution in [1.82, 2.24) is 5.32 Å². The zero-order chi connectivity index (χ0) is 12.9. The number of carbonyl (C=O) groups excluding carboxylic acids is 1. The summed E-state index contributed by atoms with van der Waals surface area (Å²) in [4.78, 5) is 11.6. The lowest BCUT2D eigenvalue weighted by Crippen LogP contribution is -2.37. The van der Waals surface area contributed by atoms with Crippen LogP contribution >= 0.6 is 11.6 Å². The minimum absolute atomic E-state index is 0.0652. The van der Waals surface area contributed by atoms with Gasteiger partial charge in [-0.05, 0) is 24.3 Å². The second-order valence-electron chi connectivity index (χ2n) is 4.94. The molecular formula is C13H19ClN2O. The van der Waals surface area contributed by atoms with Gasteiger partial charge in [0.2, 0.25) is 5.91 Å². The first-order valence-electron chi connectivity index (χ1n) is 5.67. The zero-order valence-electron chi connectivity index (χ0n) is 10.5. The summed E-state index contributed by atoms with van der Waals surface area (Å²) in [6, 6.07) is 7.48. The van der Waals surface area contributed by atoms with Gasteiger partial charge in [-0.1, -0.05) is 32.4 Å². The minimum atomic E-state index is -0.333. The fourth-order valence-electron chi connectivity index (χ4n) is 1.22. The predicted molar refractivity (Wildman–Crippen MR) is 72.4 cm³/mol. The molecule has 0 unspecified atom stereocenters. The van der Waals surface area contributed by atoms with Gasteiger partial charge in [-0.25, -0.2) is 0 Å². The van der Waals surface area contributed by atoms with Crippen LogP contribution < -0.4 is 10.6 Å². The van der Waals surface area contributed by atoms with Crippen LogP contribution in [0.1, 0.15) is 20.8 Å². The Bertz CT molecular complexity index is 368.